The molecule has 1 N–H and O–H groups in total. The van der Waals surface area contributed by atoms with Crippen molar-refractivity contribution in [1.82, 2.24) is 24.4 Å². The van der Waals surface area contributed by atoms with Crippen LogP contribution in [0.2, 0.25) is 0 Å². The van der Waals surface area contributed by atoms with Crippen molar-refractivity contribution in [3.8, 4) is 0 Å². The molecule has 1 aliphatic carbocycles. The second-order valence-electron chi connectivity index (χ2n) is 8.77. The van der Waals surface area contributed by atoms with E-state index in [1.165, 1.54) is 21.6 Å². The number of alkyl halides is 2. The molecule has 1 aliphatic heterocycles. The number of hydrogen-bond acceptors (Lipinski definition) is 6. The first-order valence-electron chi connectivity index (χ1n) is 11.3. The lowest BCUT2D eigenvalue weighted by Crippen LogP contribution is -2.36. The highest BCUT2D eigenvalue weighted by atomic mass is 19.3. The van der Waals surface area contributed by atoms with Crippen molar-refractivity contribution in [3.63, 3.8) is 0 Å². The summed E-state index contributed by atoms with van der Waals surface area (Å²) in [6.07, 6.45) is 5.26. The predicted octanol–water partition coefficient (Wildman–Crippen LogP) is 3.70. The molecule has 2 fully saturated rings. The quantitative estimate of drug-likeness (QED) is 0.626. The van der Waals surface area contributed by atoms with E-state index in [1.54, 1.807) is 6.20 Å². The number of halogens is 2. The molecule has 4 heterocycles. The third-order valence-electron chi connectivity index (χ3n) is 6.55. The van der Waals surface area contributed by atoms with Gasteiger partial charge in [0, 0.05) is 19.3 Å². The molecular weight excluding hydrogens is 432 g/mol. The summed E-state index contributed by atoms with van der Waals surface area (Å²) in [7, 11) is 0. The number of anilines is 2. The molecule has 1 saturated carbocycles. The third kappa shape index (κ3) is 4.29. The Morgan fingerprint density at radius 3 is 2.64 bits per heavy atom. The van der Waals surface area contributed by atoms with Crippen LogP contribution in [-0.2, 0) is 4.74 Å². The molecule has 0 aromatic carbocycles. The van der Waals surface area contributed by atoms with Gasteiger partial charge < -0.3 is 15.0 Å². The van der Waals surface area contributed by atoms with Crippen molar-refractivity contribution in [2.75, 3.05) is 36.5 Å². The van der Waals surface area contributed by atoms with Crippen molar-refractivity contribution < 1.29 is 18.3 Å². The van der Waals surface area contributed by atoms with E-state index in [4.69, 9.17) is 4.74 Å². The van der Waals surface area contributed by atoms with E-state index in [0.717, 1.165) is 25.7 Å². The first-order chi connectivity index (χ1) is 16.0. The summed E-state index contributed by atoms with van der Waals surface area (Å²) in [4.78, 5) is 19.7. The maximum Gasteiger partial charge on any atom is 0.282 e. The van der Waals surface area contributed by atoms with Gasteiger partial charge >= 0.3 is 0 Å². The summed E-state index contributed by atoms with van der Waals surface area (Å²) < 4.78 is 36.3. The standard InChI is InChI=1S/C22H27F2N7O2/c1-14-2-4-15(5-3-14)31-19(20(23)24)17(13-26-31)27-22(32)16-12-25-30-7-6-18(28-21(16)30)29-8-10-33-11-9-29/h6-7,12-15,20H,2-5,8-11H2,1H3,(H,27,32)/t14-,15-. The highest BCUT2D eigenvalue weighted by Gasteiger charge is 2.29. The minimum Gasteiger partial charge on any atom is -0.378 e. The van der Waals surface area contributed by atoms with Gasteiger partial charge in [-0.3, -0.25) is 9.48 Å². The molecule has 0 bridgehead atoms. The fraction of sp³-hybridized carbons (Fsp3) is 0.545. The summed E-state index contributed by atoms with van der Waals surface area (Å²) in [5.41, 5.74) is 0.354. The van der Waals surface area contributed by atoms with Crippen LogP contribution < -0.4 is 10.2 Å². The summed E-state index contributed by atoms with van der Waals surface area (Å²) in [6.45, 7) is 4.80. The fourth-order valence-corrected chi connectivity index (χ4v) is 4.64. The van der Waals surface area contributed by atoms with Gasteiger partial charge in [0.2, 0.25) is 0 Å². The van der Waals surface area contributed by atoms with Gasteiger partial charge in [-0.1, -0.05) is 6.92 Å². The second-order valence-corrected chi connectivity index (χ2v) is 8.77. The summed E-state index contributed by atoms with van der Waals surface area (Å²) >= 11 is 0. The van der Waals surface area contributed by atoms with Gasteiger partial charge in [0.1, 0.15) is 17.1 Å². The first-order valence-corrected chi connectivity index (χ1v) is 11.3. The fourth-order valence-electron chi connectivity index (χ4n) is 4.64. The zero-order chi connectivity index (χ0) is 22.9. The Bertz CT molecular complexity index is 1130. The van der Waals surface area contributed by atoms with Crippen LogP contribution >= 0.6 is 0 Å². The van der Waals surface area contributed by atoms with Crippen LogP contribution in [0.3, 0.4) is 0 Å². The Morgan fingerprint density at radius 2 is 1.91 bits per heavy atom. The highest BCUT2D eigenvalue weighted by molar-refractivity contribution is 6.08. The van der Waals surface area contributed by atoms with Gasteiger partial charge in [0.05, 0.1) is 37.3 Å². The smallest absolute Gasteiger partial charge is 0.282 e. The van der Waals surface area contributed by atoms with E-state index in [9.17, 15) is 13.6 Å². The van der Waals surface area contributed by atoms with Crippen LogP contribution in [0.5, 0.6) is 0 Å². The van der Waals surface area contributed by atoms with Crippen LogP contribution in [0.4, 0.5) is 20.3 Å². The van der Waals surface area contributed by atoms with E-state index >= 15 is 0 Å². The van der Waals surface area contributed by atoms with Gasteiger partial charge in [0.25, 0.3) is 12.3 Å². The largest absolute Gasteiger partial charge is 0.378 e. The number of hydrogen-bond donors (Lipinski definition) is 1. The third-order valence-corrected chi connectivity index (χ3v) is 6.55. The number of nitrogens with zero attached hydrogens (tertiary/aromatic N) is 6. The van der Waals surface area contributed by atoms with Crippen molar-refractivity contribution in [1.29, 1.82) is 0 Å². The lowest BCUT2D eigenvalue weighted by Gasteiger charge is -2.27. The minimum absolute atomic E-state index is 0.0253. The molecular formula is C22H27F2N7O2. The molecule has 1 saturated heterocycles. The van der Waals surface area contributed by atoms with Crippen LogP contribution in [-0.4, -0.2) is 56.6 Å². The van der Waals surface area contributed by atoms with Crippen LogP contribution in [0.25, 0.3) is 5.65 Å². The average molecular weight is 460 g/mol. The number of nitrogens with one attached hydrogen (secondary N) is 1. The van der Waals surface area contributed by atoms with Crippen molar-refractivity contribution >= 4 is 23.1 Å². The Labute approximate surface area is 189 Å². The zero-order valence-corrected chi connectivity index (χ0v) is 18.5. The normalized spacial score (nSPS) is 21.6. The SMILES string of the molecule is C[C@H]1CC[C@H](n2ncc(NC(=O)c3cnn4ccc(N5CCOCC5)nc34)c2C(F)F)CC1. The molecule has 33 heavy (non-hydrogen) atoms. The van der Waals surface area contributed by atoms with Crippen molar-refractivity contribution in [3.05, 3.63) is 35.9 Å². The molecule has 3 aromatic rings. The van der Waals surface area contributed by atoms with E-state index < -0.39 is 12.3 Å². The van der Waals surface area contributed by atoms with E-state index in [1.807, 2.05) is 6.07 Å². The van der Waals surface area contributed by atoms with E-state index in [2.05, 4.69) is 32.3 Å². The number of carbonyl (C=O) groups is 1. The molecule has 0 unspecified atom stereocenters. The minimum atomic E-state index is -2.75. The summed E-state index contributed by atoms with van der Waals surface area (Å²) in [5.74, 6) is 0.764. The lowest BCUT2D eigenvalue weighted by atomic mass is 9.87. The number of fused-ring (bicyclic) bond motifs is 1. The molecule has 5 rings (SSSR count). The van der Waals surface area contributed by atoms with Gasteiger partial charge in [-0.2, -0.15) is 10.2 Å². The molecule has 2 aliphatic rings. The van der Waals surface area contributed by atoms with Gasteiger partial charge in [-0.05, 0) is 37.7 Å². The summed E-state index contributed by atoms with van der Waals surface area (Å²) in [5, 5.41) is 11.0. The first kappa shape index (κ1) is 21.7. The Hall–Kier alpha value is -3.08. The number of ether oxygens (including phenoxy) is 1. The van der Waals surface area contributed by atoms with Gasteiger partial charge in [0.15, 0.2) is 5.65 Å². The Morgan fingerprint density at radius 1 is 1.15 bits per heavy atom. The van der Waals surface area contributed by atoms with Crippen molar-refractivity contribution in [2.45, 2.75) is 45.1 Å². The monoisotopic (exact) mass is 459 g/mol. The number of morpholine rings is 1. The van der Waals surface area contributed by atoms with E-state index in [0.29, 0.717) is 43.7 Å². The second kappa shape index (κ2) is 9.05. The number of aromatic nitrogens is 5. The average Bonchev–Trinajstić information content (AvgIpc) is 3.44. The van der Waals surface area contributed by atoms with Crippen LogP contribution in [0, 0.1) is 5.92 Å². The topological polar surface area (TPSA) is 89.6 Å². The molecule has 176 valence electrons. The molecule has 0 atom stereocenters. The molecule has 0 spiro atoms. The highest BCUT2D eigenvalue weighted by Crippen LogP contribution is 2.37. The van der Waals surface area contributed by atoms with Crippen LogP contribution in [0.1, 0.15) is 61.1 Å². The molecule has 9 nitrogen and oxygen atoms in total. The van der Waals surface area contributed by atoms with Gasteiger partial charge in [-0.15, -0.1) is 0 Å². The number of rotatable bonds is 5. The van der Waals surface area contributed by atoms with Crippen LogP contribution in [0.15, 0.2) is 24.7 Å². The molecule has 0 radical (unpaired) electrons. The number of carbonyl (C=O) groups excluding carboxylic acids is 1. The van der Waals surface area contributed by atoms with Gasteiger partial charge in [-0.25, -0.2) is 18.3 Å². The van der Waals surface area contributed by atoms with E-state index in [-0.39, 0.29) is 23.0 Å². The lowest BCUT2D eigenvalue weighted by molar-refractivity contribution is 0.102. The zero-order valence-electron chi connectivity index (χ0n) is 18.5. The van der Waals surface area contributed by atoms with Crippen molar-refractivity contribution in [2.24, 2.45) is 5.92 Å². The Kier molecular flexibility index (Phi) is 5.96. The maximum absolute atomic E-state index is 14.0. The maximum atomic E-state index is 14.0. The Balaban J connectivity index is 1.40. The predicted molar refractivity (Wildman–Crippen MR) is 118 cm³/mol. The summed E-state index contributed by atoms with van der Waals surface area (Å²) in [6, 6.07) is 1.75. The molecule has 11 heteroatoms. The molecule has 1 amide bonds. The molecule has 3 aromatic heterocycles. The number of amides is 1.